The summed E-state index contributed by atoms with van der Waals surface area (Å²) in [6, 6.07) is 15.9. The smallest absolute Gasteiger partial charge is 0.354 e. The first kappa shape index (κ1) is 32.7. The van der Waals surface area contributed by atoms with Crippen LogP contribution in [0.25, 0.3) is 0 Å². The van der Waals surface area contributed by atoms with Crippen LogP contribution in [0.1, 0.15) is 43.0 Å². The van der Waals surface area contributed by atoms with Crippen LogP contribution in [0.3, 0.4) is 0 Å². The van der Waals surface area contributed by atoms with E-state index in [1.165, 1.54) is 30.0 Å². The lowest BCUT2D eigenvalue weighted by molar-refractivity contribution is -0.139. The molecule has 7 nitrogen and oxygen atoms in total. The number of rotatable bonds is 11. The molecule has 3 aromatic rings. The molecule has 11 heteroatoms. The number of sulfonamides is 1. The van der Waals surface area contributed by atoms with Crippen LogP contribution in [-0.2, 0) is 32.3 Å². The summed E-state index contributed by atoms with van der Waals surface area (Å²) in [6.07, 6.45) is -4.74. The van der Waals surface area contributed by atoms with Gasteiger partial charge in [0.15, 0.2) is 0 Å². The number of halogens is 3. The van der Waals surface area contributed by atoms with Crippen molar-refractivity contribution >= 4 is 27.5 Å². The fourth-order valence-electron chi connectivity index (χ4n) is 4.13. The maximum Gasteiger partial charge on any atom is 0.416 e. The van der Waals surface area contributed by atoms with Crippen molar-refractivity contribution in [3.05, 3.63) is 95.1 Å². The van der Waals surface area contributed by atoms with Gasteiger partial charge in [-0.05, 0) is 62.6 Å². The summed E-state index contributed by atoms with van der Waals surface area (Å²) >= 11 is 0. The van der Waals surface area contributed by atoms with Crippen LogP contribution in [0.5, 0.6) is 0 Å². The summed E-state index contributed by atoms with van der Waals surface area (Å²) in [5, 5.41) is 2.79. The molecule has 0 aliphatic rings. The molecule has 226 valence electrons. The van der Waals surface area contributed by atoms with Gasteiger partial charge in [-0.25, -0.2) is 8.42 Å². The van der Waals surface area contributed by atoms with E-state index in [2.05, 4.69) is 5.32 Å². The van der Waals surface area contributed by atoms with Crippen molar-refractivity contribution in [3.63, 3.8) is 0 Å². The van der Waals surface area contributed by atoms with Crippen molar-refractivity contribution in [1.82, 2.24) is 10.2 Å². The maximum absolute atomic E-state index is 13.9. The monoisotopic (exact) mass is 603 g/mol. The van der Waals surface area contributed by atoms with E-state index in [9.17, 15) is 31.2 Å². The average molecular weight is 604 g/mol. The molecule has 3 rings (SSSR count). The lowest BCUT2D eigenvalue weighted by atomic mass is 10.1. The number of carbonyl (C=O) groups is 2. The van der Waals surface area contributed by atoms with Crippen molar-refractivity contribution in [2.45, 2.75) is 58.3 Å². The molecule has 0 aliphatic heterocycles. The topological polar surface area (TPSA) is 86.8 Å². The Kier molecular flexibility index (Phi) is 10.4. The van der Waals surface area contributed by atoms with Gasteiger partial charge in [0.2, 0.25) is 11.8 Å². The molecule has 0 aromatic heterocycles. The molecule has 0 saturated heterocycles. The fraction of sp³-hybridized carbons (Fsp3) is 0.355. The largest absolute Gasteiger partial charge is 0.416 e. The number of carbonyl (C=O) groups excluding carboxylic acids is 2. The summed E-state index contributed by atoms with van der Waals surface area (Å²) in [6.45, 7) is 8.56. The van der Waals surface area contributed by atoms with Crippen LogP contribution < -0.4 is 9.62 Å². The second-order valence-corrected chi connectivity index (χ2v) is 12.6. The van der Waals surface area contributed by atoms with Gasteiger partial charge in [0.05, 0.1) is 16.1 Å². The van der Waals surface area contributed by atoms with Crippen LogP contribution in [0.15, 0.2) is 77.7 Å². The minimum Gasteiger partial charge on any atom is -0.354 e. The number of nitrogens with one attached hydrogen (secondary N) is 1. The number of anilines is 1. The molecule has 0 heterocycles. The van der Waals surface area contributed by atoms with E-state index >= 15 is 0 Å². The highest BCUT2D eigenvalue weighted by Crippen LogP contribution is 2.33. The number of nitrogens with zero attached hydrogens (tertiary/aromatic N) is 2. The Bertz CT molecular complexity index is 1490. The van der Waals surface area contributed by atoms with E-state index in [4.69, 9.17) is 0 Å². The molecule has 2 amide bonds. The minimum atomic E-state index is -4.74. The third kappa shape index (κ3) is 8.34. The van der Waals surface area contributed by atoms with E-state index < -0.39 is 46.2 Å². The van der Waals surface area contributed by atoms with Gasteiger partial charge in [0.25, 0.3) is 10.0 Å². The van der Waals surface area contributed by atoms with E-state index in [1.54, 1.807) is 31.2 Å². The van der Waals surface area contributed by atoms with Crippen LogP contribution in [0.2, 0.25) is 0 Å². The van der Waals surface area contributed by atoms with Gasteiger partial charge in [-0.3, -0.25) is 13.9 Å². The average Bonchev–Trinajstić information content (AvgIpc) is 2.93. The summed E-state index contributed by atoms with van der Waals surface area (Å²) in [4.78, 5) is 28.0. The molecule has 0 radical (unpaired) electrons. The first-order valence-corrected chi connectivity index (χ1v) is 14.9. The Labute approximate surface area is 245 Å². The maximum atomic E-state index is 13.9. The lowest BCUT2D eigenvalue weighted by Gasteiger charge is -2.32. The standard InChI is InChI=1S/C31H36F3N3O4S/c1-21(2)18-35-30(39)24(5)36(19-25-13-9-22(3)10-14-25)29(38)20-37(27-8-6-7-26(17-27)31(32,33)34)42(40,41)28-15-11-23(4)12-16-28/h6-17,21,24H,18-20H2,1-5H3,(H,35,39). The van der Waals surface area contributed by atoms with Gasteiger partial charge in [0.1, 0.15) is 12.6 Å². The van der Waals surface area contributed by atoms with E-state index in [1.807, 2.05) is 32.9 Å². The third-order valence-electron chi connectivity index (χ3n) is 6.67. The zero-order valence-electron chi connectivity index (χ0n) is 24.3. The first-order valence-electron chi connectivity index (χ1n) is 13.5. The summed E-state index contributed by atoms with van der Waals surface area (Å²) < 4.78 is 69.1. The SMILES string of the molecule is Cc1ccc(CN(C(=O)CN(c2cccc(C(F)(F)F)c2)S(=O)(=O)c2ccc(C)cc2)C(C)C(=O)NCC(C)C)cc1. The Balaban J connectivity index is 2.07. The van der Waals surface area contributed by atoms with Crippen LogP contribution >= 0.6 is 0 Å². The van der Waals surface area contributed by atoms with Gasteiger partial charge in [0, 0.05) is 13.1 Å². The Hall–Kier alpha value is -3.86. The number of hydrogen-bond acceptors (Lipinski definition) is 4. The second-order valence-electron chi connectivity index (χ2n) is 10.7. The normalized spacial score (nSPS) is 12.6. The third-order valence-corrected chi connectivity index (χ3v) is 8.46. The Morgan fingerprint density at radius 2 is 1.45 bits per heavy atom. The van der Waals surface area contributed by atoms with Gasteiger partial charge in [-0.2, -0.15) is 13.2 Å². The van der Waals surface area contributed by atoms with E-state index in [-0.39, 0.29) is 23.0 Å². The Morgan fingerprint density at radius 1 is 0.881 bits per heavy atom. The highest BCUT2D eigenvalue weighted by atomic mass is 32.2. The predicted molar refractivity (Wildman–Crippen MR) is 156 cm³/mol. The zero-order chi connectivity index (χ0) is 31.2. The number of hydrogen-bond donors (Lipinski definition) is 1. The van der Waals surface area contributed by atoms with Gasteiger partial charge in [-0.15, -0.1) is 0 Å². The Morgan fingerprint density at radius 3 is 2.00 bits per heavy atom. The van der Waals surface area contributed by atoms with Crippen molar-refractivity contribution in [3.8, 4) is 0 Å². The van der Waals surface area contributed by atoms with Crippen LogP contribution in [-0.4, -0.2) is 44.3 Å². The molecule has 42 heavy (non-hydrogen) atoms. The number of alkyl halides is 3. The minimum absolute atomic E-state index is 0.0175. The molecule has 0 aliphatic carbocycles. The molecule has 1 N–H and O–H groups in total. The van der Waals surface area contributed by atoms with Crippen molar-refractivity contribution in [2.75, 3.05) is 17.4 Å². The summed E-state index contributed by atoms with van der Waals surface area (Å²) in [7, 11) is -4.49. The molecular formula is C31H36F3N3O4S. The van der Waals surface area contributed by atoms with Crippen LogP contribution in [0, 0.1) is 19.8 Å². The van der Waals surface area contributed by atoms with Gasteiger partial charge >= 0.3 is 6.18 Å². The molecule has 0 bridgehead atoms. The molecule has 3 aromatic carbocycles. The molecule has 0 fully saturated rings. The molecule has 1 unspecified atom stereocenters. The first-order chi connectivity index (χ1) is 19.6. The number of aryl methyl sites for hydroxylation is 2. The number of benzene rings is 3. The summed E-state index contributed by atoms with van der Waals surface area (Å²) in [5.74, 6) is -1.04. The molecule has 0 saturated carbocycles. The lowest BCUT2D eigenvalue weighted by Crippen LogP contribution is -2.51. The predicted octanol–water partition coefficient (Wildman–Crippen LogP) is 5.71. The highest BCUT2D eigenvalue weighted by molar-refractivity contribution is 7.92. The highest BCUT2D eigenvalue weighted by Gasteiger charge is 2.35. The van der Waals surface area contributed by atoms with Gasteiger partial charge < -0.3 is 10.2 Å². The molecule has 1 atom stereocenters. The second kappa shape index (κ2) is 13.4. The molecule has 0 spiro atoms. The quantitative estimate of drug-likeness (QED) is 0.304. The van der Waals surface area contributed by atoms with Crippen molar-refractivity contribution in [1.29, 1.82) is 0 Å². The van der Waals surface area contributed by atoms with Gasteiger partial charge in [-0.1, -0.05) is 67.4 Å². The molecular weight excluding hydrogens is 567 g/mol. The fourth-order valence-corrected chi connectivity index (χ4v) is 5.53. The van der Waals surface area contributed by atoms with E-state index in [0.717, 1.165) is 23.3 Å². The zero-order valence-corrected chi connectivity index (χ0v) is 25.1. The number of amides is 2. The van der Waals surface area contributed by atoms with Crippen LogP contribution in [0.4, 0.5) is 18.9 Å². The van der Waals surface area contributed by atoms with Crippen molar-refractivity contribution in [2.24, 2.45) is 5.92 Å². The summed E-state index contributed by atoms with van der Waals surface area (Å²) in [5.41, 5.74) is 1.07. The van der Waals surface area contributed by atoms with Crippen molar-refractivity contribution < 1.29 is 31.2 Å². The van der Waals surface area contributed by atoms with E-state index in [0.29, 0.717) is 22.5 Å².